The summed E-state index contributed by atoms with van der Waals surface area (Å²) in [7, 11) is 0. The number of pyridine rings is 1. The predicted octanol–water partition coefficient (Wildman–Crippen LogP) is 3.50. The number of aryl methyl sites for hydroxylation is 1. The summed E-state index contributed by atoms with van der Waals surface area (Å²) in [6.45, 7) is 1.95. The molecule has 1 aromatic carbocycles. The van der Waals surface area contributed by atoms with Crippen molar-refractivity contribution >= 4 is 11.5 Å². The predicted molar refractivity (Wildman–Crippen MR) is 93.2 cm³/mol. The van der Waals surface area contributed by atoms with Gasteiger partial charge in [-0.05, 0) is 36.2 Å². The average molecular weight is 334 g/mol. The second-order valence-electron chi connectivity index (χ2n) is 5.58. The smallest absolute Gasteiger partial charge is 0.344 e. The van der Waals surface area contributed by atoms with Gasteiger partial charge in [0.2, 0.25) is 0 Å². The summed E-state index contributed by atoms with van der Waals surface area (Å²) in [6.07, 6.45) is 4.60. The van der Waals surface area contributed by atoms with E-state index in [1.54, 1.807) is 6.20 Å². The van der Waals surface area contributed by atoms with Crippen LogP contribution >= 0.6 is 0 Å². The van der Waals surface area contributed by atoms with Crippen LogP contribution in [-0.2, 0) is 22.6 Å². The van der Waals surface area contributed by atoms with E-state index in [9.17, 15) is 10.1 Å². The van der Waals surface area contributed by atoms with Crippen molar-refractivity contribution in [3.8, 4) is 11.8 Å². The van der Waals surface area contributed by atoms with Crippen LogP contribution < -0.4 is 4.74 Å². The molecule has 0 fully saturated rings. The van der Waals surface area contributed by atoms with Crippen LogP contribution in [0.3, 0.4) is 0 Å². The number of esters is 1. The average Bonchev–Trinajstić information content (AvgIpc) is 3.02. The summed E-state index contributed by atoms with van der Waals surface area (Å²) >= 11 is 0. The van der Waals surface area contributed by atoms with Crippen molar-refractivity contribution in [1.82, 2.24) is 4.40 Å². The molecule has 0 saturated heterocycles. The number of fused-ring (bicyclic) bond motifs is 1. The van der Waals surface area contributed by atoms with Gasteiger partial charge in [-0.3, -0.25) is 0 Å². The van der Waals surface area contributed by atoms with E-state index in [1.807, 2.05) is 53.1 Å². The summed E-state index contributed by atoms with van der Waals surface area (Å²) in [5.41, 5.74) is 3.20. The van der Waals surface area contributed by atoms with Gasteiger partial charge in [-0.25, -0.2) is 4.79 Å². The van der Waals surface area contributed by atoms with Crippen molar-refractivity contribution < 1.29 is 14.3 Å². The summed E-state index contributed by atoms with van der Waals surface area (Å²) in [6, 6.07) is 15.4. The summed E-state index contributed by atoms with van der Waals surface area (Å²) < 4.78 is 12.5. The van der Waals surface area contributed by atoms with E-state index in [0.29, 0.717) is 16.9 Å². The Kier molecular flexibility index (Phi) is 5.00. The number of rotatable bonds is 6. The number of carbonyl (C=O) groups excluding carboxylic acids is 1. The molecular weight excluding hydrogens is 316 g/mol. The van der Waals surface area contributed by atoms with E-state index in [0.717, 1.165) is 11.9 Å². The molecule has 0 spiro atoms. The Balaban J connectivity index is 1.58. The van der Waals surface area contributed by atoms with Gasteiger partial charge in [0.25, 0.3) is 0 Å². The standard InChI is InChI=1S/C20H18N2O3/c1-2-15-6-8-17(9-7-15)24-14-20(23)25-13-16-12-22-10-4-3-5-19(22)18(16)11-21/h3-10,12H,2,13-14H2,1H3. The molecule has 0 amide bonds. The zero-order chi connectivity index (χ0) is 17.6. The largest absolute Gasteiger partial charge is 0.482 e. The molecule has 0 aliphatic rings. The molecule has 0 saturated carbocycles. The lowest BCUT2D eigenvalue weighted by Crippen LogP contribution is -2.14. The maximum atomic E-state index is 11.9. The van der Waals surface area contributed by atoms with Crippen molar-refractivity contribution in [1.29, 1.82) is 5.26 Å². The van der Waals surface area contributed by atoms with Gasteiger partial charge in [-0.2, -0.15) is 5.26 Å². The van der Waals surface area contributed by atoms with Crippen LogP contribution in [0.15, 0.2) is 54.9 Å². The molecule has 3 rings (SSSR count). The zero-order valence-electron chi connectivity index (χ0n) is 13.9. The van der Waals surface area contributed by atoms with E-state index >= 15 is 0 Å². The maximum absolute atomic E-state index is 11.9. The van der Waals surface area contributed by atoms with Crippen molar-refractivity contribution in [3.63, 3.8) is 0 Å². The second kappa shape index (κ2) is 7.54. The normalized spacial score (nSPS) is 10.4. The number of hydrogen-bond donors (Lipinski definition) is 0. The fraction of sp³-hybridized carbons (Fsp3) is 0.200. The lowest BCUT2D eigenvalue weighted by molar-refractivity contribution is -0.147. The highest BCUT2D eigenvalue weighted by Gasteiger charge is 2.12. The lowest BCUT2D eigenvalue weighted by Gasteiger charge is -2.07. The highest BCUT2D eigenvalue weighted by atomic mass is 16.6. The van der Waals surface area contributed by atoms with Crippen LogP contribution in [-0.4, -0.2) is 17.0 Å². The molecule has 2 aromatic heterocycles. The molecule has 5 nitrogen and oxygen atoms in total. The molecule has 126 valence electrons. The van der Waals surface area contributed by atoms with Gasteiger partial charge >= 0.3 is 5.97 Å². The minimum absolute atomic E-state index is 0.0432. The molecule has 25 heavy (non-hydrogen) atoms. The van der Waals surface area contributed by atoms with Gasteiger partial charge in [-0.15, -0.1) is 0 Å². The summed E-state index contributed by atoms with van der Waals surface area (Å²) in [4.78, 5) is 11.9. The van der Waals surface area contributed by atoms with Crippen molar-refractivity contribution in [3.05, 3.63) is 71.5 Å². The molecule has 2 heterocycles. The highest BCUT2D eigenvalue weighted by molar-refractivity contribution is 5.71. The molecule has 0 unspecified atom stereocenters. The molecule has 0 atom stereocenters. The Labute approximate surface area is 146 Å². The van der Waals surface area contributed by atoms with Crippen LogP contribution in [0.2, 0.25) is 0 Å². The minimum Gasteiger partial charge on any atom is -0.482 e. The quantitative estimate of drug-likeness (QED) is 0.647. The van der Waals surface area contributed by atoms with Crippen LogP contribution in [0.25, 0.3) is 5.52 Å². The number of nitriles is 1. The number of benzene rings is 1. The van der Waals surface area contributed by atoms with Gasteiger partial charge in [0.1, 0.15) is 18.4 Å². The Hall–Kier alpha value is -3.26. The third-order valence-electron chi connectivity index (χ3n) is 3.95. The van der Waals surface area contributed by atoms with E-state index in [2.05, 4.69) is 13.0 Å². The fourth-order valence-electron chi connectivity index (χ4n) is 2.58. The molecule has 0 bridgehead atoms. The van der Waals surface area contributed by atoms with Crippen molar-refractivity contribution in [2.45, 2.75) is 20.0 Å². The number of nitrogens with zero attached hydrogens (tertiary/aromatic N) is 2. The van der Waals surface area contributed by atoms with Crippen LogP contribution in [0, 0.1) is 11.3 Å². The number of hydrogen-bond acceptors (Lipinski definition) is 4. The number of ether oxygens (including phenoxy) is 2. The highest BCUT2D eigenvalue weighted by Crippen LogP contribution is 2.18. The Morgan fingerprint density at radius 2 is 2.00 bits per heavy atom. The van der Waals surface area contributed by atoms with Gasteiger partial charge < -0.3 is 13.9 Å². The summed E-state index contributed by atoms with van der Waals surface area (Å²) in [5, 5.41) is 9.34. The molecule has 0 aliphatic heterocycles. The first-order valence-electron chi connectivity index (χ1n) is 8.07. The molecular formula is C20H18N2O3. The number of carbonyl (C=O) groups is 1. The molecule has 0 aliphatic carbocycles. The Bertz CT molecular complexity index is 920. The lowest BCUT2D eigenvalue weighted by atomic mass is 10.2. The van der Waals surface area contributed by atoms with Gasteiger partial charge in [-0.1, -0.05) is 25.1 Å². The second-order valence-corrected chi connectivity index (χ2v) is 5.58. The summed E-state index contributed by atoms with van der Waals surface area (Å²) in [5.74, 6) is 0.153. The topological polar surface area (TPSA) is 63.7 Å². The molecule has 3 aromatic rings. The molecule has 0 radical (unpaired) electrons. The van der Waals surface area contributed by atoms with E-state index in [4.69, 9.17) is 9.47 Å². The van der Waals surface area contributed by atoms with Crippen LogP contribution in [0.1, 0.15) is 23.6 Å². The van der Waals surface area contributed by atoms with Gasteiger partial charge in [0.05, 0.1) is 11.1 Å². The molecule has 0 N–H and O–H groups in total. The first-order chi connectivity index (χ1) is 12.2. The minimum atomic E-state index is -0.473. The Morgan fingerprint density at radius 1 is 1.20 bits per heavy atom. The molecule has 5 heteroatoms. The van der Waals surface area contributed by atoms with E-state index in [1.165, 1.54) is 5.56 Å². The van der Waals surface area contributed by atoms with Crippen molar-refractivity contribution in [2.75, 3.05) is 6.61 Å². The monoisotopic (exact) mass is 334 g/mol. The first-order valence-corrected chi connectivity index (χ1v) is 8.07. The number of aromatic nitrogens is 1. The Morgan fingerprint density at radius 3 is 2.72 bits per heavy atom. The third-order valence-corrected chi connectivity index (χ3v) is 3.95. The van der Waals surface area contributed by atoms with E-state index in [-0.39, 0.29) is 13.2 Å². The zero-order valence-corrected chi connectivity index (χ0v) is 13.9. The first kappa shape index (κ1) is 16.6. The van der Waals surface area contributed by atoms with Gasteiger partial charge in [0, 0.05) is 18.0 Å². The van der Waals surface area contributed by atoms with Crippen molar-refractivity contribution in [2.24, 2.45) is 0 Å². The van der Waals surface area contributed by atoms with E-state index < -0.39 is 5.97 Å². The van der Waals surface area contributed by atoms with Crippen LogP contribution in [0.4, 0.5) is 0 Å². The fourth-order valence-corrected chi connectivity index (χ4v) is 2.58. The van der Waals surface area contributed by atoms with Gasteiger partial charge in [0.15, 0.2) is 6.61 Å². The SMILES string of the molecule is CCc1ccc(OCC(=O)OCc2cn3ccccc3c2C#N)cc1. The van der Waals surface area contributed by atoms with Crippen LogP contribution in [0.5, 0.6) is 5.75 Å². The third kappa shape index (κ3) is 3.81. The maximum Gasteiger partial charge on any atom is 0.344 e.